The molecule has 100 valence electrons. The van der Waals surface area contributed by atoms with E-state index in [1.54, 1.807) is 0 Å². The van der Waals surface area contributed by atoms with Gasteiger partial charge in [-0.25, -0.2) is 0 Å². The Labute approximate surface area is 111 Å². The van der Waals surface area contributed by atoms with Crippen LogP contribution >= 0.6 is 0 Å². The van der Waals surface area contributed by atoms with Crippen molar-refractivity contribution in [1.29, 1.82) is 0 Å². The highest BCUT2D eigenvalue weighted by atomic mass is 16.5. The van der Waals surface area contributed by atoms with Crippen molar-refractivity contribution in [3.05, 3.63) is 23.8 Å². The Balaban J connectivity index is 2.31. The van der Waals surface area contributed by atoms with Crippen LogP contribution in [-0.2, 0) is 5.41 Å². The van der Waals surface area contributed by atoms with Crippen LogP contribution < -0.4 is 10.1 Å². The van der Waals surface area contributed by atoms with Gasteiger partial charge in [0, 0.05) is 0 Å². The van der Waals surface area contributed by atoms with Crippen molar-refractivity contribution in [2.45, 2.75) is 58.5 Å². The number of hydrogen-bond acceptors (Lipinski definition) is 2. The largest absolute Gasteiger partial charge is 0.483 e. The SMILES string of the molecule is CCC1(CC)CNc2cc(C(C)(C)C)ccc2O1. The van der Waals surface area contributed by atoms with E-state index in [-0.39, 0.29) is 11.0 Å². The first kappa shape index (κ1) is 13.3. The van der Waals surface area contributed by atoms with Crippen molar-refractivity contribution in [2.75, 3.05) is 11.9 Å². The molecule has 0 saturated heterocycles. The summed E-state index contributed by atoms with van der Waals surface area (Å²) < 4.78 is 6.22. The molecular weight excluding hydrogens is 222 g/mol. The molecule has 1 aliphatic heterocycles. The van der Waals surface area contributed by atoms with Crippen LogP contribution in [0.2, 0.25) is 0 Å². The maximum atomic E-state index is 6.22. The van der Waals surface area contributed by atoms with Crippen molar-refractivity contribution in [3.63, 3.8) is 0 Å². The molecule has 2 rings (SSSR count). The molecule has 0 saturated carbocycles. The van der Waals surface area contributed by atoms with Gasteiger partial charge in [-0.2, -0.15) is 0 Å². The fourth-order valence-electron chi connectivity index (χ4n) is 2.39. The predicted octanol–water partition coefficient (Wildman–Crippen LogP) is 4.35. The minimum Gasteiger partial charge on any atom is -0.483 e. The molecule has 1 aliphatic rings. The van der Waals surface area contributed by atoms with Gasteiger partial charge in [-0.3, -0.25) is 0 Å². The van der Waals surface area contributed by atoms with Gasteiger partial charge < -0.3 is 10.1 Å². The van der Waals surface area contributed by atoms with Gasteiger partial charge in [0.15, 0.2) is 0 Å². The Bertz CT molecular complexity index is 427. The molecule has 0 amide bonds. The highest BCUT2D eigenvalue weighted by Crippen LogP contribution is 2.38. The third-order valence-corrected chi connectivity index (χ3v) is 4.06. The standard InChI is InChI=1S/C16H25NO/c1-6-16(7-2)11-17-13-10-12(15(3,4)5)8-9-14(13)18-16/h8-10,17H,6-7,11H2,1-5H3. The van der Waals surface area contributed by atoms with E-state index in [2.05, 4.69) is 58.1 Å². The summed E-state index contributed by atoms with van der Waals surface area (Å²) in [5, 5.41) is 3.54. The molecule has 2 nitrogen and oxygen atoms in total. The molecule has 0 fully saturated rings. The zero-order chi connectivity index (χ0) is 13.4. The fraction of sp³-hybridized carbons (Fsp3) is 0.625. The Kier molecular flexibility index (Phi) is 3.31. The van der Waals surface area contributed by atoms with Crippen LogP contribution in [-0.4, -0.2) is 12.1 Å². The smallest absolute Gasteiger partial charge is 0.143 e. The number of ether oxygens (including phenoxy) is 1. The molecule has 0 spiro atoms. The molecular formula is C16H25NO. The van der Waals surface area contributed by atoms with Crippen LogP contribution in [0, 0.1) is 0 Å². The molecule has 0 aromatic heterocycles. The lowest BCUT2D eigenvalue weighted by Crippen LogP contribution is -2.44. The molecule has 0 unspecified atom stereocenters. The lowest BCUT2D eigenvalue weighted by Gasteiger charge is -2.38. The van der Waals surface area contributed by atoms with Gasteiger partial charge in [-0.15, -0.1) is 0 Å². The Hall–Kier alpha value is -1.18. The van der Waals surface area contributed by atoms with Gasteiger partial charge in [0.2, 0.25) is 0 Å². The Morgan fingerprint density at radius 1 is 1.22 bits per heavy atom. The van der Waals surface area contributed by atoms with Gasteiger partial charge in [0.05, 0.1) is 12.2 Å². The van der Waals surface area contributed by atoms with Crippen LogP contribution in [0.1, 0.15) is 53.0 Å². The summed E-state index contributed by atoms with van der Waals surface area (Å²) >= 11 is 0. The van der Waals surface area contributed by atoms with Crippen molar-refractivity contribution in [2.24, 2.45) is 0 Å². The average Bonchev–Trinajstić information content (AvgIpc) is 2.36. The summed E-state index contributed by atoms with van der Waals surface area (Å²) in [4.78, 5) is 0. The van der Waals surface area contributed by atoms with Gasteiger partial charge in [0.1, 0.15) is 11.4 Å². The van der Waals surface area contributed by atoms with Gasteiger partial charge in [-0.05, 0) is 36.0 Å². The first-order valence-electron chi connectivity index (χ1n) is 6.97. The average molecular weight is 247 g/mol. The zero-order valence-electron chi connectivity index (χ0n) is 12.3. The molecule has 18 heavy (non-hydrogen) atoms. The number of anilines is 1. The number of fused-ring (bicyclic) bond motifs is 1. The number of benzene rings is 1. The summed E-state index contributed by atoms with van der Waals surface area (Å²) in [6, 6.07) is 6.52. The van der Waals surface area contributed by atoms with Crippen LogP contribution in [0.4, 0.5) is 5.69 Å². The normalized spacial score (nSPS) is 17.6. The van der Waals surface area contributed by atoms with E-state index < -0.39 is 0 Å². The lowest BCUT2D eigenvalue weighted by molar-refractivity contribution is 0.0670. The summed E-state index contributed by atoms with van der Waals surface area (Å²) in [5.74, 6) is 0.998. The van der Waals surface area contributed by atoms with Crippen molar-refractivity contribution in [3.8, 4) is 5.75 Å². The molecule has 0 radical (unpaired) electrons. The highest BCUT2D eigenvalue weighted by molar-refractivity contribution is 5.61. The minimum absolute atomic E-state index is 0.0315. The van der Waals surface area contributed by atoms with Crippen molar-refractivity contribution in [1.82, 2.24) is 0 Å². The van der Waals surface area contributed by atoms with Crippen LogP contribution in [0.25, 0.3) is 0 Å². The second kappa shape index (κ2) is 4.49. The van der Waals surface area contributed by atoms with E-state index in [0.29, 0.717) is 0 Å². The summed E-state index contributed by atoms with van der Waals surface area (Å²) in [7, 11) is 0. The summed E-state index contributed by atoms with van der Waals surface area (Å²) in [6.45, 7) is 12.0. The molecule has 1 heterocycles. The summed E-state index contributed by atoms with van der Waals surface area (Å²) in [5.41, 5.74) is 2.63. The maximum Gasteiger partial charge on any atom is 0.143 e. The van der Waals surface area contributed by atoms with E-state index in [1.807, 2.05) is 0 Å². The predicted molar refractivity (Wildman–Crippen MR) is 77.6 cm³/mol. The number of hydrogen-bond donors (Lipinski definition) is 1. The zero-order valence-corrected chi connectivity index (χ0v) is 12.3. The Morgan fingerprint density at radius 2 is 1.89 bits per heavy atom. The van der Waals surface area contributed by atoms with E-state index >= 15 is 0 Å². The molecule has 1 aromatic rings. The molecule has 0 atom stereocenters. The van der Waals surface area contributed by atoms with E-state index in [0.717, 1.165) is 30.8 Å². The molecule has 0 bridgehead atoms. The van der Waals surface area contributed by atoms with Crippen LogP contribution in [0.15, 0.2) is 18.2 Å². The van der Waals surface area contributed by atoms with Crippen molar-refractivity contribution >= 4 is 5.69 Å². The monoisotopic (exact) mass is 247 g/mol. The van der Waals surface area contributed by atoms with E-state index in [1.165, 1.54) is 5.56 Å². The minimum atomic E-state index is -0.0315. The van der Waals surface area contributed by atoms with Gasteiger partial charge >= 0.3 is 0 Å². The molecule has 2 heteroatoms. The van der Waals surface area contributed by atoms with Crippen LogP contribution in [0.5, 0.6) is 5.75 Å². The third kappa shape index (κ3) is 2.33. The van der Waals surface area contributed by atoms with Crippen molar-refractivity contribution < 1.29 is 4.74 Å². The maximum absolute atomic E-state index is 6.22. The van der Waals surface area contributed by atoms with Gasteiger partial charge in [0.25, 0.3) is 0 Å². The van der Waals surface area contributed by atoms with Crippen LogP contribution in [0.3, 0.4) is 0 Å². The fourth-order valence-corrected chi connectivity index (χ4v) is 2.39. The number of rotatable bonds is 2. The molecule has 0 aliphatic carbocycles. The molecule has 1 aromatic carbocycles. The quantitative estimate of drug-likeness (QED) is 0.839. The topological polar surface area (TPSA) is 21.3 Å². The summed E-state index contributed by atoms with van der Waals surface area (Å²) in [6.07, 6.45) is 2.08. The first-order chi connectivity index (χ1) is 8.40. The Morgan fingerprint density at radius 3 is 2.44 bits per heavy atom. The molecule has 1 N–H and O–H groups in total. The lowest BCUT2D eigenvalue weighted by atomic mass is 9.86. The second-order valence-electron chi connectivity index (χ2n) is 6.31. The highest BCUT2D eigenvalue weighted by Gasteiger charge is 2.33. The van der Waals surface area contributed by atoms with E-state index in [9.17, 15) is 0 Å². The third-order valence-electron chi connectivity index (χ3n) is 4.06. The number of nitrogens with one attached hydrogen (secondary N) is 1. The first-order valence-corrected chi connectivity index (χ1v) is 6.97. The van der Waals surface area contributed by atoms with Gasteiger partial charge in [-0.1, -0.05) is 40.7 Å². The second-order valence-corrected chi connectivity index (χ2v) is 6.31. The van der Waals surface area contributed by atoms with E-state index in [4.69, 9.17) is 4.74 Å².